The molecule has 0 bridgehead atoms. The maximum atomic E-state index is 6.16. The van der Waals surface area contributed by atoms with Crippen LogP contribution >= 0.6 is 0 Å². The van der Waals surface area contributed by atoms with Gasteiger partial charge in [-0.2, -0.15) is 0 Å². The Morgan fingerprint density at radius 1 is 1.35 bits per heavy atom. The standard InChI is InChI=1S/C19H26N2O2/c1-2-22-10-7-16-8-11-23-19(16)13-21(14-19)12-15-4-3-5-18-17(15)6-9-20-18/h3-6,9,16,20H,2,7-8,10-14H2,1H3/t16-/m0/s1. The van der Waals surface area contributed by atoms with E-state index in [1.165, 1.54) is 22.9 Å². The van der Waals surface area contributed by atoms with Crippen molar-refractivity contribution in [1.29, 1.82) is 0 Å². The molecule has 1 N–H and O–H groups in total. The fraction of sp³-hybridized carbons (Fsp3) is 0.579. The lowest BCUT2D eigenvalue weighted by Gasteiger charge is -2.50. The summed E-state index contributed by atoms with van der Waals surface area (Å²) in [6, 6.07) is 8.70. The van der Waals surface area contributed by atoms with E-state index in [4.69, 9.17) is 9.47 Å². The van der Waals surface area contributed by atoms with Gasteiger partial charge in [0, 0.05) is 56.6 Å². The predicted molar refractivity (Wildman–Crippen MR) is 91.5 cm³/mol. The van der Waals surface area contributed by atoms with Crippen LogP contribution in [0.3, 0.4) is 0 Å². The molecule has 2 aromatic rings. The van der Waals surface area contributed by atoms with Gasteiger partial charge in [-0.1, -0.05) is 12.1 Å². The van der Waals surface area contributed by atoms with Crippen molar-refractivity contribution in [3.05, 3.63) is 36.0 Å². The lowest BCUT2D eigenvalue weighted by atomic mass is 9.79. The molecular weight excluding hydrogens is 288 g/mol. The van der Waals surface area contributed by atoms with E-state index in [0.29, 0.717) is 5.92 Å². The Bertz CT molecular complexity index is 660. The normalized spacial score (nSPS) is 23.6. The van der Waals surface area contributed by atoms with Crippen LogP contribution < -0.4 is 0 Å². The molecule has 23 heavy (non-hydrogen) atoms. The highest BCUT2D eigenvalue weighted by atomic mass is 16.5. The number of hydrogen-bond acceptors (Lipinski definition) is 3. The Balaban J connectivity index is 1.38. The first-order valence-electron chi connectivity index (χ1n) is 8.80. The Labute approximate surface area is 137 Å². The molecule has 1 atom stereocenters. The second-order valence-corrected chi connectivity index (χ2v) is 6.89. The molecule has 1 aromatic carbocycles. The molecule has 4 rings (SSSR count). The molecule has 1 aromatic heterocycles. The molecule has 2 fully saturated rings. The molecule has 0 amide bonds. The molecule has 0 radical (unpaired) electrons. The van der Waals surface area contributed by atoms with Crippen LogP contribution in [0.15, 0.2) is 30.5 Å². The molecule has 0 saturated carbocycles. The van der Waals surface area contributed by atoms with Gasteiger partial charge in [-0.05, 0) is 43.4 Å². The summed E-state index contributed by atoms with van der Waals surface area (Å²) >= 11 is 0. The average molecular weight is 314 g/mol. The number of hydrogen-bond donors (Lipinski definition) is 1. The maximum absolute atomic E-state index is 6.16. The van der Waals surface area contributed by atoms with Gasteiger partial charge in [0.25, 0.3) is 0 Å². The van der Waals surface area contributed by atoms with Crippen molar-refractivity contribution in [3.8, 4) is 0 Å². The van der Waals surface area contributed by atoms with E-state index in [1.54, 1.807) is 0 Å². The molecule has 1 spiro atoms. The molecule has 3 heterocycles. The number of ether oxygens (including phenoxy) is 2. The molecule has 0 unspecified atom stereocenters. The summed E-state index contributed by atoms with van der Waals surface area (Å²) in [5, 5.41) is 1.34. The summed E-state index contributed by atoms with van der Waals surface area (Å²) in [5.41, 5.74) is 2.73. The number of benzene rings is 1. The summed E-state index contributed by atoms with van der Waals surface area (Å²) in [6.45, 7) is 7.79. The highest BCUT2D eigenvalue weighted by molar-refractivity contribution is 5.82. The number of nitrogens with zero attached hydrogens (tertiary/aromatic N) is 1. The van der Waals surface area contributed by atoms with Crippen LogP contribution in [0.1, 0.15) is 25.3 Å². The van der Waals surface area contributed by atoms with Crippen LogP contribution in [0.4, 0.5) is 0 Å². The van der Waals surface area contributed by atoms with E-state index in [9.17, 15) is 0 Å². The first-order valence-corrected chi connectivity index (χ1v) is 8.80. The molecule has 124 valence electrons. The van der Waals surface area contributed by atoms with Crippen LogP contribution in [0.2, 0.25) is 0 Å². The molecular formula is C19H26N2O2. The van der Waals surface area contributed by atoms with E-state index in [1.807, 2.05) is 6.20 Å². The van der Waals surface area contributed by atoms with Crippen LogP contribution in [0.25, 0.3) is 10.9 Å². The SMILES string of the molecule is CCOCC[C@H]1CCOC12CN(Cc1cccc3[nH]ccc13)C2. The van der Waals surface area contributed by atoms with Crippen LogP contribution in [0.5, 0.6) is 0 Å². The highest BCUT2D eigenvalue weighted by Crippen LogP contribution is 2.42. The van der Waals surface area contributed by atoms with Gasteiger partial charge in [0.2, 0.25) is 0 Å². The number of fused-ring (bicyclic) bond motifs is 1. The topological polar surface area (TPSA) is 37.5 Å². The summed E-state index contributed by atoms with van der Waals surface area (Å²) in [6.07, 6.45) is 4.35. The molecule has 4 nitrogen and oxygen atoms in total. The van der Waals surface area contributed by atoms with Crippen molar-refractivity contribution in [2.45, 2.75) is 31.9 Å². The second-order valence-electron chi connectivity index (χ2n) is 6.89. The number of aromatic amines is 1. The smallest absolute Gasteiger partial charge is 0.0964 e. The Morgan fingerprint density at radius 3 is 3.13 bits per heavy atom. The van der Waals surface area contributed by atoms with E-state index >= 15 is 0 Å². The van der Waals surface area contributed by atoms with E-state index in [0.717, 1.165) is 45.9 Å². The maximum Gasteiger partial charge on any atom is 0.0964 e. The zero-order valence-corrected chi connectivity index (χ0v) is 13.9. The van der Waals surface area contributed by atoms with Gasteiger partial charge in [0.05, 0.1) is 5.60 Å². The van der Waals surface area contributed by atoms with Crippen LogP contribution in [-0.2, 0) is 16.0 Å². The van der Waals surface area contributed by atoms with Crippen molar-refractivity contribution >= 4 is 10.9 Å². The molecule has 4 heteroatoms. The van der Waals surface area contributed by atoms with Gasteiger partial charge in [0.1, 0.15) is 0 Å². The fourth-order valence-electron chi connectivity index (χ4n) is 4.26. The summed E-state index contributed by atoms with van der Waals surface area (Å²) in [7, 11) is 0. The van der Waals surface area contributed by atoms with Gasteiger partial charge in [-0.3, -0.25) is 4.90 Å². The first kappa shape index (κ1) is 15.2. The fourth-order valence-corrected chi connectivity index (χ4v) is 4.26. The summed E-state index contributed by atoms with van der Waals surface area (Å²) in [4.78, 5) is 5.81. The van der Waals surface area contributed by atoms with E-state index < -0.39 is 0 Å². The third-order valence-corrected chi connectivity index (χ3v) is 5.48. The minimum atomic E-state index is 0.100. The Kier molecular flexibility index (Phi) is 4.14. The zero-order chi connectivity index (χ0) is 15.7. The minimum absolute atomic E-state index is 0.100. The van der Waals surface area contributed by atoms with Gasteiger partial charge in [-0.25, -0.2) is 0 Å². The third kappa shape index (κ3) is 2.80. The lowest BCUT2D eigenvalue weighted by molar-refractivity contribution is -0.138. The summed E-state index contributed by atoms with van der Waals surface area (Å²) < 4.78 is 11.7. The zero-order valence-electron chi connectivity index (χ0n) is 13.9. The van der Waals surface area contributed by atoms with E-state index in [2.05, 4.69) is 41.1 Å². The lowest BCUT2D eigenvalue weighted by Crippen LogP contribution is -2.64. The van der Waals surface area contributed by atoms with Crippen molar-refractivity contribution in [2.75, 3.05) is 32.9 Å². The number of nitrogens with one attached hydrogen (secondary N) is 1. The molecule has 2 saturated heterocycles. The number of H-pyrrole nitrogens is 1. The second kappa shape index (κ2) is 6.27. The molecule has 2 aliphatic rings. The Morgan fingerprint density at radius 2 is 2.26 bits per heavy atom. The van der Waals surface area contributed by atoms with Gasteiger partial charge in [0.15, 0.2) is 0 Å². The largest absolute Gasteiger partial charge is 0.382 e. The average Bonchev–Trinajstić information content (AvgIpc) is 3.14. The van der Waals surface area contributed by atoms with E-state index in [-0.39, 0.29) is 5.60 Å². The number of aromatic nitrogens is 1. The first-order chi connectivity index (χ1) is 11.3. The van der Waals surface area contributed by atoms with Crippen LogP contribution in [-0.4, -0.2) is 48.4 Å². The van der Waals surface area contributed by atoms with Crippen molar-refractivity contribution < 1.29 is 9.47 Å². The third-order valence-electron chi connectivity index (χ3n) is 5.48. The monoisotopic (exact) mass is 314 g/mol. The van der Waals surface area contributed by atoms with Crippen molar-refractivity contribution in [2.24, 2.45) is 5.92 Å². The van der Waals surface area contributed by atoms with Crippen LogP contribution in [0, 0.1) is 5.92 Å². The van der Waals surface area contributed by atoms with Crippen molar-refractivity contribution in [3.63, 3.8) is 0 Å². The van der Waals surface area contributed by atoms with Gasteiger partial charge < -0.3 is 14.5 Å². The Hall–Kier alpha value is -1.36. The van der Waals surface area contributed by atoms with Gasteiger partial charge in [-0.15, -0.1) is 0 Å². The quantitative estimate of drug-likeness (QED) is 0.832. The predicted octanol–water partition coefficient (Wildman–Crippen LogP) is 3.19. The molecule has 2 aliphatic heterocycles. The minimum Gasteiger partial charge on any atom is -0.382 e. The summed E-state index contributed by atoms with van der Waals surface area (Å²) in [5.74, 6) is 0.661. The number of likely N-dealkylation sites (tertiary alicyclic amines) is 1. The number of rotatable bonds is 6. The molecule has 0 aliphatic carbocycles. The van der Waals surface area contributed by atoms with Gasteiger partial charge >= 0.3 is 0 Å². The highest BCUT2D eigenvalue weighted by Gasteiger charge is 2.52. The van der Waals surface area contributed by atoms with Crippen molar-refractivity contribution in [1.82, 2.24) is 9.88 Å².